The number of sulfone groups is 1. The van der Waals surface area contributed by atoms with E-state index in [1.54, 1.807) is 0 Å². The Hall–Kier alpha value is -1.34. The Labute approximate surface area is 96.6 Å². The van der Waals surface area contributed by atoms with Gasteiger partial charge in [-0.2, -0.15) is 5.26 Å². The minimum atomic E-state index is -3.02. The molecule has 0 aliphatic heterocycles. The summed E-state index contributed by atoms with van der Waals surface area (Å²) in [5.41, 5.74) is 0.822. The summed E-state index contributed by atoms with van der Waals surface area (Å²) in [6.45, 7) is 0. The number of unbranched alkanes of at least 4 members (excludes halogenated alkanes) is 2. The molecular formula is C12H15NO2S. The first-order chi connectivity index (χ1) is 7.64. The van der Waals surface area contributed by atoms with Gasteiger partial charge in [-0.1, -0.05) is 30.3 Å². The van der Waals surface area contributed by atoms with Gasteiger partial charge in [-0.3, -0.25) is 0 Å². The fraction of sp³-hybridized carbons (Fsp3) is 0.417. The molecule has 4 heteroatoms. The molecular weight excluding hydrogens is 222 g/mol. The Balaban J connectivity index is 2.44. The van der Waals surface area contributed by atoms with Crippen molar-refractivity contribution in [1.29, 1.82) is 5.26 Å². The Morgan fingerprint density at radius 3 is 2.44 bits per heavy atom. The van der Waals surface area contributed by atoms with Crippen molar-refractivity contribution < 1.29 is 8.42 Å². The van der Waals surface area contributed by atoms with Crippen LogP contribution in [0.1, 0.15) is 24.8 Å². The summed E-state index contributed by atoms with van der Waals surface area (Å²) in [5, 5.41) is 8.33. The number of nitrogens with zero attached hydrogens (tertiary/aromatic N) is 1. The lowest BCUT2D eigenvalue weighted by Crippen LogP contribution is -2.09. The molecule has 0 bridgehead atoms. The lowest BCUT2D eigenvalue weighted by atomic mass is 10.2. The number of benzene rings is 1. The largest absolute Gasteiger partial charge is 0.228 e. The van der Waals surface area contributed by atoms with Gasteiger partial charge in [0, 0.05) is 6.42 Å². The molecule has 0 amide bonds. The van der Waals surface area contributed by atoms with E-state index in [-0.39, 0.29) is 11.5 Å². The van der Waals surface area contributed by atoms with Gasteiger partial charge in [0.2, 0.25) is 0 Å². The minimum absolute atomic E-state index is 0.0976. The number of hydrogen-bond acceptors (Lipinski definition) is 3. The summed E-state index contributed by atoms with van der Waals surface area (Å²) >= 11 is 0. The normalized spacial score (nSPS) is 10.9. The summed E-state index contributed by atoms with van der Waals surface area (Å²) in [6.07, 6.45) is 1.66. The maximum Gasteiger partial charge on any atom is 0.154 e. The maximum atomic E-state index is 11.7. The van der Waals surface area contributed by atoms with Crippen LogP contribution in [0.2, 0.25) is 0 Å². The van der Waals surface area contributed by atoms with E-state index in [1.807, 2.05) is 36.4 Å². The van der Waals surface area contributed by atoms with Crippen LogP contribution in [0.15, 0.2) is 30.3 Å². The molecule has 0 saturated heterocycles. The Morgan fingerprint density at radius 1 is 1.12 bits per heavy atom. The molecule has 0 unspecified atom stereocenters. The first-order valence-electron chi connectivity index (χ1n) is 5.25. The van der Waals surface area contributed by atoms with Gasteiger partial charge in [0.15, 0.2) is 9.84 Å². The smallest absolute Gasteiger partial charge is 0.154 e. The highest BCUT2D eigenvalue weighted by molar-refractivity contribution is 7.90. The maximum absolute atomic E-state index is 11.7. The molecule has 86 valence electrons. The predicted molar refractivity (Wildman–Crippen MR) is 63.4 cm³/mol. The van der Waals surface area contributed by atoms with Crippen molar-refractivity contribution in [3.05, 3.63) is 35.9 Å². The molecule has 0 aliphatic carbocycles. The molecule has 1 aromatic rings. The zero-order valence-corrected chi connectivity index (χ0v) is 9.91. The van der Waals surface area contributed by atoms with E-state index in [0.29, 0.717) is 19.3 Å². The monoisotopic (exact) mass is 237 g/mol. The van der Waals surface area contributed by atoms with Gasteiger partial charge in [0.1, 0.15) is 0 Å². The Bertz CT molecular complexity index is 446. The van der Waals surface area contributed by atoms with Gasteiger partial charge < -0.3 is 0 Å². The van der Waals surface area contributed by atoms with Crippen LogP contribution >= 0.6 is 0 Å². The van der Waals surface area contributed by atoms with E-state index in [9.17, 15) is 8.42 Å². The molecule has 0 spiro atoms. The van der Waals surface area contributed by atoms with Gasteiger partial charge in [0.05, 0.1) is 17.6 Å². The van der Waals surface area contributed by atoms with Crippen molar-refractivity contribution in [2.75, 3.05) is 5.75 Å². The van der Waals surface area contributed by atoms with Crippen LogP contribution < -0.4 is 0 Å². The topological polar surface area (TPSA) is 57.9 Å². The quantitative estimate of drug-likeness (QED) is 0.713. The molecule has 0 aliphatic rings. The highest BCUT2D eigenvalue weighted by atomic mass is 32.2. The summed E-state index contributed by atoms with van der Waals surface area (Å²) in [6, 6.07) is 11.2. The van der Waals surface area contributed by atoms with Crippen LogP contribution in [0.25, 0.3) is 0 Å². The molecule has 0 radical (unpaired) electrons. The molecule has 1 aromatic carbocycles. The molecule has 16 heavy (non-hydrogen) atoms. The molecule has 3 nitrogen and oxygen atoms in total. The minimum Gasteiger partial charge on any atom is -0.228 e. The van der Waals surface area contributed by atoms with Crippen molar-refractivity contribution in [3.63, 3.8) is 0 Å². The lowest BCUT2D eigenvalue weighted by molar-refractivity contribution is 0.591. The van der Waals surface area contributed by atoms with Gasteiger partial charge >= 0.3 is 0 Å². The predicted octanol–water partition coefficient (Wildman–Crippen LogP) is 2.30. The van der Waals surface area contributed by atoms with Crippen LogP contribution in [0.3, 0.4) is 0 Å². The molecule has 0 heterocycles. The van der Waals surface area contributed by atoms with E-state index >= 15 is 0 Å². The van der Waals surface area contributed by atoms with Crippen LogP contribution in [-0.2, 0) is 15.6 Å². The first kappa shape index (κ1) is 12.7. The summed E-state index contributed by atoms with van der Waals surface area (Å²) < 4.78 is 23.4. The SMILES string of the molecule is N#CCCCCS(=O)(=O)Cc1ccccc1. The molecule has 0 fully saturated rings. The second-order valence-electron chi connectivity index (χ2n) is 3.69. The number of nitriles is 1. The lowest BCUT2D eigenvalue weighted by Gasteiger charge is -2.03. The van der Waals surface area contributed by atoms with Crippen molar-refractivity contribution in [2.24, 2.45) is 0 Å². The van der Waals surface area contributed by atoms with Gasteiger partial charge in [-0.25, -0.2) is 8.42 Å². The van der Waals surface area contributed by atoms with Crippen LogP contribution in [0, 0.1) is 11.3 Å². The number of hydrogen-bond donors (Lipinski definition) is 0. The molecule has 0 aromatic heterocycles. The Morgan fingerprint density at radius 2 is 1.81 bits per heavy atom. The third-order valence-electron chi connectivity index (χ3n) is 2.22. The van der Waals surface area contributed by atoms with Crippen LogP contribution in [-0.4, -0.2) is 14.2 Å². The van der Waals surface area contributed by atoms with Crippen molar-refractivity contribution in [3.8, 4) is 6.07 Å². The Kier molecular flexibility index (Phi) is 5.00. The van der Waals surface area contributed by atoms with Crippen LogP contribution in [0.4, 0.5) is 0 Å². The van der Waals surface area contributed by atoms with E-state index in [4.69, 9.17) is 5.26 Å². The fourth-order valence-electron chi connectivity index (χ4n) is 1.43. The van der Waals surface area contributed by atoms with E-state index in [2.05, 4.69) is 0 Å². The summed E-state index contributed by atoms with van der Waals surface area (Å²) in [4.78, 5) is 0. The van der Waals surface area contributed by atoms with E-state index in [1.165, 1.54) is 0 Å². The summed E-state index contributed by atoms with van der Waals surface area (Å²) in [5.74, 6) is 0.268. The average Bonchev–Trinajstić information content (AvgIpc) is 2.25. The van der Waals surface area contributed by atoms with Crippen molar-refractivity contribution in [2.45, 2.75) is 25.0 Å². The van der Waals surface area contributed by atoms with Gasteiger partial charge in [-0.15, -0.1) is 0 Å². The third kappa shape index (κ3) is 4.94. The second kappa shape index (κ2) is 6.29. The molecule has 1 rings (SSSR count). The standard InChI is InChI=1S/C12H15NO2S/c13-9-5-2-6-10-16(14,15)11-12-7-3-1-4-8-12/h1,3-4,7-8H,2,5-6,10-11H2. The molecule has 0 saturated carbocycles. The zero-order valence-electron chi connectivity index (χ0n) is 9.09. The third-order valence-corrected chi connectivity index (χ3v) is 3.91. The first-order valence-corrected chi connectivity index (χ1v) is 7.07. The second-order valence-corrected chi connectivity index (χ2v) is 5.88. The highest BCUT2D eigenvalue weighted by Crippen LogP contribution is 2.08. The van der Waals surface area contributed by atoms with Crippen molar-refractivity contribution in [1.82, 2.24) is 0 Å². The average molecular weight is 237 g/mol. The van der Waals surface area contributed by atoms with Crippen molar-refractivity contribution >= 4 is 9.84 Å². The molecule has 0 atom stereocenters. The summed E-state index contributed by atoms with van der Waals surface area (Å²) in [7, 11) is -3.02. The van der Waals surface area contributed by atoms with Crippen LogP contribution in [0.5, 0.6) is 0 Å². The van der Waals surface area contributed by atoms with Gasteiger partial charge in [0.25, 0.3) is 0 Å². The zero-order chi connectivity index (χ0) is 11.9. The highest BCUT2D eigenvalue weighted by Gasteiger charge is 2.10. The van der Waals surface area contributed by atoms with Gasteiger partial charge in [-0.05, 0) is 18.4 Å². The number of rotatable bonds is 6. The molecule has 0 N–H and O–H groups in total. The fourth-order valence-corrected chi connectivity index (χ4v) is 2.91. The van der Waals surface area contributed by atoms with E-state index in [0.717, 1.165) is 5.56 Å². The van der Waals surface area contributed by atoms with E-state index < -0.39 is 9.84 Å².